The minimum absolute atomic E-state index is 0.106. The molecule has 1 aliphatic heterocycles. The van der Waals surface area contributed by atoms with Gasteiger partial charge in [0, 0.05) is 12.0 Å². The van der Waals surface area contributed by atoms with Gasteiger partial charge in [0.15, 0.2) is 0 Å². The summed E-state index contributed by atoms with van der Waals surface area (Å²) in [6.45, 7) is 3.65. The number of fused-ring (bicyclic) bond motifs is 1. The van der Waals surface area contributed by atoms with E-state index < -0.39 is 21.9 Å². The lowest BCUT2D eigenvalue weighted by Crippen LogP contribution is -2.32. The van der Waals surface area contributed by atoms with Crippen molar-refractivity contribution < 1.29 is 22.0 Å². The van der Waals surface area contributed by atoms with Crippen LogP contribution in [0.4, 0.5) is 4.39 Å². The van der Waals surface area contributed by atoms with Crippen LogP contribution in [0.5, 0.6) is 5.75 Å². The molecule has 2 aromatic rings. The second-order valence-corrected chi connectivity index (χ2v) is 6.95. The molecule has 3 rings (SSSR count). The van der Waals surface area contributed by atoms with Crippen LogP contribution in [0.2, 0.25) is 0 Å². The van der Waals surface area contributed by atoms with Gasteiger partial charge in [0.25, 0.3) is 0 Å². The van der Waals surface area contributed by atoms with Gasteiger partial charge in [0.2, 0.25) is 10.0 Å². The summed E-state index contributed by atoms with van der Waals surface area (Å²) in [5.41, 5.74) is 0.507. The fourth-order valence-electron chi connectivity index (χ4n) is 2.61. The van der Waals surface area contributed by atoms with Crippen LogP contribution in [-0.4, -0.2) is 15.0 Å². The molecule has 0 saturated heterocycles. The molecule has 22 heavy (non-hydrogen) atoms. The quantitative estimate of drug-likeness (QED) is 0.942. The van der Waals surface area contributed by atoms with Crippen LogP contribution in [0.1, 0.15) is 29.5 Å². The van der Waals surface area contributed by atoms with Crippen LogP contribution in [-0.2, 0) is 10.0 Å². The number of ether oxygens (including phenoxy) is 1. The van der Waals surface area contributed by atoms with Crippen molar-refractivity contribution >= 4 is 10.0 Å². The monoisotopic (exact) mass is 325 g/mol. The maximum Gasteiger partial charge on any atom is 0.244 e. The molecule has 1 N–H and O–H groups in total. The number of sulfonamides is 1. The highest BCUT2D eigenvalue weighted by molar-refractivity contribution is 7.89. The molecule has 0 aliphatic carbocycles. The molecule has 1 atom stereocenters. The Morgan fingerprint density at radius 2 is 2.05 bits per heavy atom. The molecule has 1 aliphatic rings. The number of benzene rings is 1. The molecule has 0 spiro atoms. The van der Waals surface area contributed by atoms with E-state index in [1.54, 1.807) is 13.8 Å². The molecule has 0 fully saturated rings. The predicted molar refractivity (Wildman–Crippen MR) is 77.8 cm³/mol. The second kappa shape index (κ2) is 5.40. The van der Waals surface area contributed by atoms with E-state index in [1.165, 1.54) is 24.3 Å². The van der Waals surface area contributed by atoms with Gasteiger partial charge in [-0.1, -0.05) is 0 Å². The first-order chi connectivity index (χ1) is 10.4. The van der Waals surface area contributed by atoms with Gasteiger partial charge in [-0.15, -0.1) is 0 Å². The first-order valence-corrected chi connectivity index (χ1v) is 8.37. The predicted octanol–water partition coefficient (Wildman–Crippen LogP) is 2.84. The Kier molecular flexibility index (Phi) is 3.70. The van der Waals surface area contributed by atoms with Crippen molar-refractivity contribution in [1.29, 1.82) is 0 Å². The molecule has 0 bridgehead atoms. The Morgan fingerprint density at radius 3 is 2.73 bits per heavy atom. The average molecular weight is 325 g/mol. The van der Waals surface area contributed by atoms with Crippen LogP contribution in [0.3, 0.4) is 0 Å². The van der Waals surface area contributed by atoms with Crippen molar-refractivity contribution in [2.75, 3.05) is 6.61 Å². The third-order valence-electron chi connectivity index (χ3n) is 3.59. The van der Waals surface area contributed by atoms with Gasteiger partial charge in [-0.3, -0.25) is 0 Å². The van der Waals surface area contributed by atoms with Crippen molar-refractivity contribution in [3.8, 4) is 5.75 Å². The number of furan rings is 1. The number of rotatable bonds is 3. The summed E-state index contributed by atoms with van der Waals surface area (Å²) in [4.78, 5) is 0.106. The Bertz CT molecular complexity index is 813. The Hall–Kier alpha value is -1.86. The van der Waals surface area contributed by atoms with Gasteiger partial charge in [0.1, 0.15) is 28.0 Å². The van der Waals surface area contributed by atoms with Crippen molar-refractivity contribution in [2.24, 2.45) is 0 Å². The molecule has 7 heteroatoms. The summed E-state index contributed by atoms with van der Waals surface area (Å²) in [6, 6.07) is 5.05. The molecule has 5 nitrogen and oxygen atoms in total. The summed E-state index contributed by atoms with van der Waals surface area (Å²) in [5, 5.41) is 0. The molecule has 0 amide bonds. The van der Waals surface area contributed by atoms with Crippen molar-refractivity contribution in [1.82, 2.24) is 4.72 Å². The van der Waals surface area contributed by atoms with Crippen LogP contribution in [0.15, 0.2) is 33.6 Å². The topological polar surface area (TPSA) is 68.5 Å². The van der Waals surface area contributed by atoms with E-state index in [0.717, 1.165) is 0 Å². The summed E-state index contributed by atoms with van der Waals surface area (Å²) < 4.78 is 51.8. The third-order valence-corrected chi connectivity index (χ3v) is 5.17. The van der Waals surface area contributed by atoms with E-state index in [1.807, 2.05) is 0 Å². The molecule has 2 heterocycles. The SMILES string of the molecule is Cc1cc(S(=O)(=O)N[C@@H]2CCOc3ccc(F)cc32)c(C)o1. The largest absolute Gasteiger partial charge is 0.493 e. The van der Waals surface area contributed by atoms with Gasteiger partial charge in [-0.25, -0.2) is 17.5 Å². The maximum atomic E-state index is 13.4. The van der Waals surface area contributed by atoms with E-state index in [4.69, 9.17) is 9.15 Å². The lowest BCUT2D eigenvalue weighted by molar-refractivity contribution is 0.262. The van der Waals surface area contributed by atoms with Crippen molar-refractivity contribution in [2.45, 2.75) is 31.2 Å². The fraction of sp³-hybridized carbons (Fsp3) is 0.333. The summed E-state index contributed by atoms with van der Waals surface area (Å²) in [7, 11) is -3.75. The fourth-order valence-corrected chi connectivity index (χ4v) is 4.10. The molecule has 1 aromatic heterocycles. The zero-order valence-electron chi connectivity index (χ0n) is 12.2. The number of hydrogen-bond acceptors (Lipinski definition) is 4. The summed E-state index contributed by atoms with van der Waals surface area (Å²) in [6.07, 6.45) is 0.436. The highest BCUT2D eigenvalue weighted by atomic mass is 32.2. The standard InChI is InChI=1S/C15H16FNO4S/c1-9-7-15(10(2)21-9)22(18,19)17-13-5-6-20-14-4-3-11(16)8-12(13)14/h3-4,7-8,13,17H,5-6H2,1-2H3/t13-/m1/s1. The van der Waals surface area contributed by atoms with E-state index in [2.05, 4.69) is 4.72 Å². The molecular weight excluding hydrogens is 309 g/mol. The maximum absolute atomic E-state index is 13.4. The molecule has 118 valence electrons. The zero-order chi connectivity index (χ0) is 15.9. The van der Waals surface area contributed by atoms with Crippen molar-refractivity contribution in [3.63, 3.8) is 0 Å². The van der Waals surface area contributed by atoms with E-state index in [-0.39, 0.29) is 4.90 Å². The Morgan fingerprint density at radius 1 is 1.27 bits per heavy atom. The van der Waals surface area contributed by atoms with E-state index in [0.29, 0.717) is 35.9 Å². The Labute approximate surface area is 128 Å². The molecule has 0 radical (unpaired) electrons. The minimum Gasteiger partial charge on any atom is -0.493 e. The first kappa shape index (κ1) is 15.1. The molecule has 1 aromatic carbocycles. The first-order valence-electron chi connectivity index (χ1n) is 6.88. The van der Waals surface area contributed by atoms with Crippen molar-refractivity contribution in [3.05, 3.63) is 47.2 Å². The van der Waals surface area contributed by atoms with Gasteiger partial charge in [0.05, 0.1) is 12.6 Å². The summed E-state index contributed by atoms with van der Waals surface area (Å²) >= 11 is 0. The lowest BCUT2D eigenvalue weighted by Gasteiger charge is -2.26. The van der Waals surface area contributed by atoms with Crippen LogP contribution in [0, 0.1) is 19.7 Å². The molecule has 0 saturated carbocycles. The number of hydrogen-bond donors (Lipinski definition) is 1. The number of halogens is 1. The Balaban J connectivity index is 1.94. The van der Waals surface area contributed by atoms with E-state index in [9.17, 15) is 12.8 Å². The highest BCUT2D eigenvalue weighted by Crippen LogP contribution is 2.34. The molecular formula is C15H16FNO4S. The molecule has 0 unspecified atom stereocenters. The van der Waals surface area contributed by atoms with Gasteiger partial charge >= 0.3 is 0 Å². The minimum atomic E-state index is -3.75. The average Bonchev–Trinajstić information content (AvgIpc) is 2.79. The van der Waals surface area contributed by atoms with E-state index >= 15 is 0 Å². The smallest absolute Gasteiger partial charge is 0.244 e. The number of nitrogens with one attached hydrogen (secondary N) is 1. The highest BCUT2D eigenvalue weighted by Gasteiger charge is 2.29. The van der Waals surface area contributed by atoms with Crippen LogP contribution >= 0.6 is 0 Å². The summed E-state index contributed by atoms with van der Waals surface area (Å²) in [5.74, 6) is 0.928. The van der Waals surface area contributed by atoms with Crippen LogP contribution < -0.4 is 9.46 Å². The van der Waals surface area contributed by atoms with Crippen LogP contribution in [0.25, 0.3) is 0 Å². The second-order valence-electron chi connectivity index (χ2n) is 5.27. The van der Waals surface area contributed by atoms with Gasteiger partial charge in [-0.05, 0) is 38.1 Å². The zero-order valence-corrected chi connectivity index (χ0v) is 13.0. The third kappa shape index (κ3) is 2.74. The van der Waals surface area contributed by atoms with Gasteiger partial charge < -0.3 is 9.15 Å². The lowest BCUT2D eigenvalue weighted by atomic mass is 10.0. The number of aryl methyl sites for hydroxylation is 2. The van der Waals surface area contributed by atoms with Gasteiger partial charge in [-0.2, -0.15) is 0 Å². The normalized spacial score (nSPS) is 17.9.